The molecule has 0 radical (unpaired) electrons. The number of amides is 1. The van der Waals surface area contributed by atoms with E-state index in [0.29, 0.717) is 17.6 Å². The van der Waals surface area contributed by atoms with Crippen LogP contribution in [0.1, 0.15) is 34.5 Å². The lowest BCUT2D eigenvalue weighted by Crippen LogP contribution is -2.32. The molecule has 0 atom stereocenters. The summed E-state index contributed by atoms with van der Waals surface area (Å²) in [4.78, 5) is 24.3. The number of anilines is 1. The molecule has 2 heterocycles. The van der Waals surface area contributed by atoms with Crippen molar-refractivity contribution in [2.75, 3.05) is 11.4 Å². The number of nitrogens with one attached hydrogen (secondary N) is 1. The van der Waals surface area contributed by atoms with Crippen LogP contribution in [-0.2, 0) is 13.0 Å². The number of hydrogen-bond donors (Lipinski definition) is 1. The predicted molar refractivity (Wildman–Crippen MR) is 109 cm³/mol. The van der Waals surface area contributed by atoms with E-state index >= 15 is 0 Å². The summed E-state index contributed by atoms with van der Waals surface area (Å²) >= 11 is 0. The van der Waals surface area contributed by atoms with Crippen LogP contribution in [0.4, 0.5) is 5.82 Å². The Morgan fingerprint density at radius 1 is 0.964 bits per heavy atom. The molecule has 140 valence electrons. The Balaban J connectivity index is 1.52. The van der Waals surface area contributed by atoms with Crippen LogP contribution in [0.2, 0.25) is 0 Å². The number of rotatable bonds is 4. The molecule has 1 aliphatic heterocycles. The van der Waals surface area contributed by atoms with Gasteiger partial charge in [0.25, 0.3) is 5.91 Å². The smallest absolute Gasteiger partial charge is 0.270 e. The Morgan fingerprint density at radius 3 is 2.50 bits per heavy atom. The molecule has 28 heavy (non-hydrogen) atoms. The number of carbonyl (C=O) groups excluding carboxylic acids is 1. The molecule has 5 heteroatoms. The van der Waals surface area contributed by atoms with Crippen LogP contribution in [0.3, 0.4) is 0 Å². The van der Waals surface area contributed by atoms with Crippen molar-refractivity contribution in [3.63, 3.8) is 0 Å². The van der Waals surface area contributed by atoms with Crippen molar-refractivity contribution in [3.05, 3.63) is 77.5 Å². The molecule has 1 aliphatic carbocycles. The first-order valence-electron chi connectivity index (χ1n) is 9.83. The van der Waals surface area contributed by atoms with E-state index in [0.717, 1.165) is 43.7 Å². The minimum Gasteiger partial charge on any atom is -0.352 e. The molecule has 0 spiro atoms. The van der Waals surface area contributed by atoms with E-state index in [4.69, 9.17) is 4.98 Å². The number of aromatic nitrogens is 2. The lowest BCUT2D eigenvalue weighted by atomic mass is 10.00. The molecule has 1 fully saturated rings. The van der Waals surface area contributed by atoms with Crippen molar-refractivity contribution >= 4 is 11.7 Å². The molecule has 3 aromatic rings. The lowest BCUT2D eigenvalue weighted by molar-refractivity contribution is 0.0946. The Morgan fingerprint density at radius 2 is 1.71 bits per heavy atom. The van der Waals surface area contributed by atoms with Crippen molar-refractivity contribution in [1.82, 2.24) is 15.3 Å². The highest BCUT2D eigenvalue weighted by Crippen LogP contribution is 2.26. The van der Waals surface area contributed by atoms with Crippen LogP contribution in [0.5, 0.6) is 0 Å². The molecule has 0 saturated heterocycles. The molecule has 1 saturated carbocycles. The van der Waals surface area contributed by atoms with Gasteiger partial charge in [-0.15, -0.1) is 0 Å². The van der Waals surface area contributed by atoms with Gasteiger partial charge in [-0.25, -0.2) is 9.97 Å². The molecule has 0 bridgehead atoms. The van der Waals surface area contributed by atoms with E-state index in [1.165, 1.54) is 11.1 Å². The molecule has 5 nitrogen and oxygen atoms in total. The Bertz CT molecular complexity index is 1010. The predicted octanol–water partition coefficient (Wildman–Crippen LogP) is 3.60. The molecule has 5 rings (SSSR count). The summed E-state index contributed by atoms with van der Waals surface area (Å²) in [6.45, 7) is 1.68. The van der Waals surface area contributed by atoms with E-state index in [-0.39, 0.29) is 5.91 Å². The highest BCUT2D eigenvalue weighted by molar-refractivity contribution is 5.93. The first-order chi connectivity index (χ1) is 13.8. The van der Waals surface area contributed by atoms with Crippen molar-refractivity contribution < 1.29 is 4.79 Å². The van der Waals surface area contributed by atoms with Gasteiger partial charge in [-0.1, -0.05) is 54.6 Å². The van der Waals surface area contributed by atoms with Crippen molar-refractivity contribution in [2.24, 2.45) is 0 Å². The zero-order valence-corrected chi connectivity index (χ0v) is 15.6. The second-order valence-corrected chi connectivity index (χ2v) is 7.49. The maximum Gasteiger partial charge on any atom is 0.270 e. The number of nitrogens with zero attached hydrogens (tertiary/aromatic N) is 3. The number of carbonyl (C=O) groups is 1. The van der Waals surface area contributed by atoms with Crippen LogP contribution in [0.25, 0.3) is 11.4 Å². The summed E-state index contributed by atoms with van der Waals surface area (Å²) in [6.07, 6.45) is 3.08. The Labute approximate surface area is 164 Å². The molecule has 2 aliphatic rings. The summed E-state index contributed by atoms with van der Waals surface area (Å²) in [5.41, 5.74) is 4.07. The summed E-state index contributed by atoms with van der Waals surface area (Å²) < 4.78 is 0. The third kappa shape index (κ3) is 3.48. The Kier molecular flexibility index (Phi) is 4.28. The van der Waals surface area contributed by atoms with E-state index in [9.17, 15) is 4.79 Å². The van der Waals surface area contributed by atoms with E-state index in [2.05, 4.69) is 39.5 Å². The molecule has 1 aromatic heterocycles. The molecular formula is C23H22N4O. The molecule has 1 amide bonds. The summed E-state index contributed by atoms with van der Waals surface area (Å²) in [5, 5.41) is 3.05. The highest BCUT2D eigenvalue weighted by Gasteiger charge is 2.26. The number of hydrogen-bond acceptors (Lipinski definition) is 4. The van der Waals surface area contributed by atoms with Crippen LogP contribution in [-0.4, -0.2) is 28.5 Å². The third-order valence-electron chi connectivity index (χ3n) is 5.34. The first-order valence-corrected chi connectivity index (χ1v) is 9.83. The molecule has 1 N–H and O–H groups in total. The third-order valence-corrected chi connectivity index (χ3v) is 5.34. The van der Waals surface area contributed by atoms with Gasteiger partial charge in [0.05, 0.1) is 0 Å². The van der Waals surface area contributed by atoms with Gasteiger partial charge in [0, 0.05) is 30.8 Å². The van der Waals surface area contributed by atoms with Crippen LogP contribution < -0.4 is 10.2 Å². The van der Waals surface area contributed by atoms with Crippen LogP contribution in [0, 0.1) is 0 Å². The van der Waals surface area contributed by atoms with Gasteiger partial charge in [0.2, 0.25) is 0 Å². The fourth-order valence-corrected chi connectivity index (χ4v) is 3.61. The van der Waals surface area contributed by atoms with Gasteiger partial charge >= 0.3 is 0 Å². The second-order valence-electron chi connectivity index (χ2n) is 7.49. The molecular weight excluding hydrogens is 348 g/mol. The van der Waals surface area contributed by atoms with Gasteiger partial charge in [0.15, 0.2) is 5.82 Å². The molecule has 0 unspecified atom stereocenters. The van der Waals surface area contributed by atoms with Gasteiger partial charge in [-0.05, 0) is 30.4 Å². The summed E-state index contributed by atoms with van der Waals surface area (Å²) in [7, 11) is 0. The van der Waals surface area contributed by atoms with E-state index in [1.807, 2.05) is 36.4 Å². The quantitative estimate of drug-likeness (QED) is 0.762. The van der Waals surface area contributed by atoms with Gasteiger partial charge in [0.1, 0.15) is 11.5 Å². The van der Waals surface area contributed by atoms with Gasteiger partial charge in [-0.3, -0.25) is 4.79 Å². The first kappa shape index (κ1) is 16.9. The number of benzene rings is 2. The zero-order valence-electron chi connectivity index (χ0n) is 15.6. The zero-order chi connectivity index (χ0) is 18.9. The summed E-state index contributed by atoms with van der Waals surface area (Å²) in [6, 6.07) is 20.5. The maximum absolute atomic E-state index is 12.7. The Hall–Kier alpha value is -3.21. The second kappa shape index (κ2) is 7.08. The highest BCUT2D eigenvalue weighted by atomic mass is 16.2. The average Bonchev–Trinajstić information content (AvgIpc) is 3.57. The van der Waals surface area contributed by atoms with Gasteiger partial charge in [-0.2, -0.15) is 0 Å². The minimum atomic E-state index is -0.110. The average molecular weight is 370 g/mol. The van der Waals surface area contributed by atoms with Crippen molar-refractivity contribution in [3.8, 4) is 11.4 Å². The van der Waals surface area contributed by atoms with Crippen LogP contribution >= 0.6 is 0 Å². The monoisotopic (exact) mass is 370 g/mol. The van der Waals surface area contributed by atoms with Crippen LogP contribution in [0.15, 0.2) is 60.7 Å². The topological polar surface area (TPSA) is 58.1 Å². The normalized spacial score (nSPS) is 15.8. The minimum absolute atomic E-state index is 0.110. The maximum atomic E-state index is 12.7. The largest absolute Gasteiger partial charge is 0.352 e. The molecule has 2 aromatic carbocycles. The lowest BCUT2D eigenvalue weighted by Gasteiger charge is -2.30. The van der Waals surface area contributed by atoms with Crippen molar-refractivity contribution in [1.29, 1.82) is 0 Å². The standard InChI is InChI=1S/C23H22N4O/c28-23(24-19-10-11-19)20-14-21(26-22(25-20)17-7-2-1-3-8-17)27-13-12-16-6-4-5-9-18(16)15-27/h1-9,14,19H,10-13,15H2,(H,24,28). The van der Waals surface area contributed by atoms with Crippen molar-refractivity contribution in [2.45, 2.75) is 31.8 Å². The van der Waals surface area contributed by atoms with E-state index in [1.54, 1.807) is 0 Å². The fourth-order valence-electron chi connectivity index (χ4n) is 3.61. The van der Waals surface area contributed by atoms with E-state index < -0.39 is 0 Å². The SMILES string of the molecule is O=C(NC1CC1)c1cc(N2CCc3ccccc3C2)nc(-c2ccccc2)n1. The number of fused-ring (bicyclic) bond motifs is 1. The fraction of sp³-hybridized carbons (Fsp3) is 0.261. The summed E-state index contributed by atoms with van der Waals surface area (Å²) in [5.74, 6) is 1.29. The van der Waals surface area contributed by atoms with Gasteiger partial charge < -0.3 is 10.2 Å².